The Morgan fingerprint density at radius 3 is 2.87 bits per heavy atom. The van der Waals surface area contributed by atoms with E-state index < -0.39 is 5.92 Å². The third kappa shape index (κ3) is 4.63. The first-order valence-electron chi connectivity index (χ1n) is 9.99. The number of benzene rings is 1. The smallest absolute Gasteiger partial charge is 0.222 e. The van der Waals surface area contributed by atoms with Crippen LogP contribution < -0.4 is 5.32 Å². The van der Waals surface area contributed by atoms with Crippen LogP contribution in [-0.2, 0) is 4.79 Å². The fourth-order valence-electron chi connectivity index (χ4n) is 3.44. The maximum atomic E-state index is 11.7. The summed E-state index contributed by atoms with van der Waals surface area (Å²) in [6.07, 6.45) is 4.10. The third-order valence-corrected chi connectivity index (χ3v) is 5.91. The Hall–Kier alpha value is -3.31. The number of anilines is 1. The molecule has 0 bridgehead atoms. The van der Waals surface area contributed by atoms with Crippen LogP contribution in [0.3, 0.4) is 0 Å². The molecule has 1 unspecified atom stereocenters. The molecule has 3 aromatic rings. The minimum atomic E-state index is -0.543. The lowest BCUT2D eigenvalue weighted by atomic mass is 10.1. The van der Waals surface area contributed by atoms with Crippen molar-refractivity contribution in [1.82, 2.24) is 19.9 Å². The van der Waals surface area contributed by atoms with Gasteiger partial charge in [-0.1, -0.05) is 30.3 Å². The zero-order valence-corrected chi connectivity index (χ0v) is 17.3. The van der Waals surface area contributed by atoms with Crippen molar-refractivity contribution in [3.05, 3.63) is 58.7 Å². The third-order valence-electron chi connectivity index (χ3n) is 5.00. The molecule has 1 aliphatic heterocycles. The van der Waals surface area contributed by atoms with Gasteiger partial charge in [-0.25, -0.2) is 15.0 Å². The Labute approximate surface area is 179 Å². The van der Waals surface area contributed by atoms with E-state index in [2.05, 4.69) is 26.3 Å². The highest BCUT2D eigenvalue weighted by Crippen LogP contribution is 2.29. The summed E-state index contributed by atoms with van der Waals surface area (Å²) in [7, 11) is 0. The molecule has 4 rings (SSSR count). The fraction of sp³-hybridized carbons (Fsp3) is 0.318. The number of nitrogens with zero attached hydrogens (tertiary/aromatic N) is 5. The summed E-state index contributed by atoms with van der Waals surface area (Å²) in [5, 5.41) is 15.6. The molecule has 1 N–H and O–H groups in total. The number of carbonyl (C=O) groups is 1. The number of aromatic nitrogens is 3. The minimum Gasteiger partial charge on any atom is -0.354 e. The van der Waals surface area contributed by atoms with Gasteiger partial charge in [-0.15, -0.1) is 11.3 Å². The van der Waals surface area contributed by atoms with Crippen LogP contribution in [-0.4, -0.2) is 45.4 Å². The Morgan fingerprint density at radius 1 is 1.23 bits per heavy atom. The Morgan fingerprint density at radius 2 is 2.10 bits per heavy atom. The van der Waals surface area contributed by atoms with Gasteiger partial charge < -0.3 is 10.2 Å². The van der Waals surface area contributed by atoms with E-state index in [1.807, 2.05) is 40.6 Å². The predicted molar refractivity (Wildman–Crippen MR) is 116 cm³/mol. The van der Waals surface area contributed by atoms with E-state index in [0.29, 0.717) is 29.6 Å². The summed E-state index contributed by atoms with van der Waals surface area (Å²) in [4.78, 5) is 27.0. The molecule has 1 saturated heterocycles. The predicted octanol–water partition coefficient (Wildman–Crippen LogP) is 3.68. The Bertz CT molecular complexity index is 1050. The van der Waals surface area contributed by atoms with E-state index in [-0.39, 0.29) is 5.91 Å². The topological polar surface area (TPSA) is 94.8 Å². The Balaban J connectivity index is 1.40. The van der Waals surface area contributed by atoms with Crippen molar-refractivity contribution < 1.29 is 4.79 Å². The normalized spacial score (nSPS) is 14.5. The van der Waals surface area contributed by atoms with Gasteiger partial charge in [-0.05, 0) is 18.9 Å². The van der Waals surface area contributed by atoms with Crippen LogP contribution in [0.2, 0.25) is 0 Å². The number of hydrogen-bond donors (Lipinski definition) is 1. The maximum absolute atomic E-state index is 11.7. The number of amides is 1. The van der Waals surface area contributed by atoms with Crippen LogP contribution in [0.4, 0.5) is 5.95 Å². The van der Waals surface area contributed by atoms with Gasteiger partial charge >= 0.3 is 0 Å². The molecule has 2 aromatic heterocycles. The maximum Gasteiger partial charge on any atom is 0.222 e. The summed E-state index contributed by atoms with van der Waals surface area (Å²) >= 11 is 1.46. The van der Waals surface area contributed by atoms with E-state index in [4.69, 9.17) is 0 Å². The molecule has 1 atom stereocenters. The largest absolute Gasteiger partial charge is 0.354 e. The van der Waals surface area contributed by atoms with Crippen molar-refractivity contribution in [3.8, 4) is 17.3 Å². The lowest BCUT2D eigenvalue weighted by Crippen LogP contribution is -2.27. The van der Waals surface area contributed by atoms with Crippen LogP contribution in [0.1, 0.15) is 35.9 Å². The fourth-order valence-corrected chi connectivity index (χ4v) is 4.32. The van der Waals surface area contributed by atoms with Gasteiger partial charge in [0.2, 0.25) is 11.9 Å². The highest BCUT2D eigenvalue weighted by Gasteiger charge is 2.21. The molecule has 7 nitrogen and oxygen atoms in total. The van der Waals surface area contributed by atoms with Crippen LogP contribution in [0, 0.1) is 11.3 Å². The van der Waals surface area contributed by atoms with Crippen LogP contribution >= 0.6 is 11.3 Å². The summed E-state index contributed by atoms with van der Waals surface area (Å²) in [5.41, 5.74) is 2.51. The second kappa shape index (κ2) is 9.46. The quantitative estimate of drug-likeness (QED) is 0.561. The molecular formula is C22H22N6OS. The molecule has 1 aromatic carbocycles. The van der Waals surface area contributed by atoms with E-state index >= 15 is 0 Å². The first kappa shape index (κ1) is 20.0. The second-order valence-electron chi connectivity index (χ2n) is 7.07. The molecule has 0 spiro atoms. The van der Waals surface area contributed by atoms with Crippen LogP contribution in [0.25, 0.3) is 11.3 Å². The molecular weight excluding hydrogens is 396 g/mol. The van der Waals surface area contributed by atoms with E-state index in [9.17, 15) is 10.1 Å². The summed E-state index contributed by atoms with van der Waals surface area (Å²) in [5.74, 6) is 0.182. The lowest BCUT2D eigenvalue weighted by molar-refractivity contribution is -0.127. The molecule has 1 fully saturated rings. The molecule has 152 valence electrons. The Kier molecular flexibility index (Phi) is 6.30. The van der Waals surface area contributed by atoms with Gasteiger partial charge in [0.1, 0.15) is 10.9 Å². The number of likely N-dealkylation sites (tertiary alicyclic amines) is 1. The van der Waals surface area contributed by atoms with Crippen molar-refractivity contribution in [2.75, 3.05) is 25.0 Å². The minimum absolute atomic E-state index is 0.239. The summed E-state index contributed by atoms with van der Waals surface area (Å²) in [6, 6.07) is 14.0. The monoisotopic (exact) mass is 418 g/mol. The number of hydrogen-bond acceptors (Lipinski definition) is 7. The molecule has 1 amide bonds. The first-order chi connectivity index (χ1) is 14.7. The lowest BCUT2D eigenvalue weighted by Gasteiger charge is -2.15. The van der Waals surface area contributed by atoms with Crippen LogP contribution in [0.15, 0.2) is 48.0 Å². The second-order valence-corrected chi connectivity index (χ2v) is 7.96. The van der Waals surface area contributed by atoms with Crippen molar-refractivity contribution in [2.24, 2.45) is 0 Å². The molecule has 0 saturated carbocycles. The van der Waals surface area contributed by atoms with Gasteiger partial charge in [-0.3, -0.25) is 4.79 Å². The number of rotatable bonds is 8. The first-order valence-corrected chi connectivity index (χ1v) is 10.9. The van der Waals surface area contributed by atoms with Crippen LogP contribution in [0.5, 0.6) is 0 Å². The van der Waals surface area contributed by atoms with Crippen molar-refractivity contribution >= 4 is 23.2 Å². The standard InChI is InChI=1S/C22H22N6OS/c23-14-17(21-26-19(15-30-21)16-6-2-1-3-7-16)18-9-11-25-22(27-18)24-10-5-13-28-12-4-8-20(28)29/h1-3,6-7,9,11,15,17H,4-5,8,10,12-13H2,(H,24,25,27). The van der Waals surface area contributed by atoms with Crippen molar-refractivity contribution in [1.29, 1.82) is 5.26 Å². The van der Waals surface area contributed by atoms with E-state index in [1.165, 1.54) is 11.3 Å². The van der Waals surface area contributed by atoms with Crippen molar-refractivity contribution in [3.63, 3.8) is 0 Å². The average molecular weight is 419 g/mol. The van der Waals surface area contributed by atoms with E-state index in [0.717, 1.165) is 37.2 Å². The zero-order valence-electron chi connectivity index (χ0n) is 16.5. The molecule has 0 aliphatic carbocycles. The number of thiazole rings is 1. The average Bonchev–Trinajstić information content (AvgIpc) is 3.42. The number of carbonyl (C=O) groups excluding carboxylic acids is 1. The number of nitriles is 1. The SMILES string of the molecule is N#CC(c1ccnc(NCCCN2CCCC2=O)n1)c1nc(-c2ccccc2)cs1. The van der Waals surface area contributed by atoms with Gasteiger partial charge in [0.25, 0.3) is 0 Å². The highest BCUT2D eigenvalue weighted by atomic mass is 32.1. The zero-order chi connectivity index (χ0) is 20.8. The van der Waals surface area contributed by atoms with Gasteiger partial charge in [0, 0.05) is 43.2 Å². The summed E-state index contributed by atoms with van der Waals surface area (Å²) < 4.78 is 0. The van der Waals surface area contributed by atoms with Gasteiger partial charge in [0.05, 0.1) is 17.5 Å². The van der Waals surface area contributed by atoms with E-state index in [1.54, 1.807) is 12.3 Å². The molecule has 0 radical (unpaired) electrons. The van der Waals surface area contributed by atoms with Crippen molar-refractivity contribution in [2.45, 2.75) is 25.2 Å². The summed E-state index contributed by atoms with van der Waals surface area (Å²) in [6.45, 7) is 2.26. The highest BCUT2D eigenvalue weighted by molar-refractivity contribution is 7.10. The molecule has 3 heterocycles. The molecule has 30 heavy (non-hydrogen) atoms. The molecule has 1 aliphatic rings. The number of nitrogens with one attached hydrogen (secondary N) is 1. The van der Waals surface area contributed by atoms with Gasteiger partial charge in [0.15, 0.2) is 0 Å². The van der Waals surface area contributed by atoms with Gasteiger partial charge in [-0.2, -0.15) is 5.26 Å². The molecule has 8 heteroatoms.